The Morgan fingerprint density at radius 2 is 1.70 bits per heavy atom. The van der Waals surface area contributed by atoms with E-state index in [0.29, 0.717) is 5.92 Å². The third-order valence-electron chi connectivity index (χ3n) is 5.68. The molecule has 0 spiro atoms. The van der Waals surface area contributed by atoms with Crippen LogP contribution in [0.25, 0.3) is 0 Å². The molecule has 2 saturated heterocycles. The summed E-state index contributed by atoms with van der Waals surface area (Å²) in [6.45, 7) is 4.34. The predicted octanol–water partition coefficient (Wildman–Crippen LogP) is 1.94. The van der Waals surface area contributed by atoms with Crippen LogP contribution in [0.1, 0.15) is 25.7 Å². The first kappa shape index (κ1) is 21.7. The second kappa shape index (κ2) is 9.57. The molecule has 9 heteroatoms. The topological polar surface area (TPSA) is 68.0 Å². The number of carbonyl (C=O) groups is 1. The maximum Gasteiger partial charge on any atom is 0.250 e. The summed E-state index contributed by atoms with van der Waals surface area (Å²) >= 11 is 0. The van der Waals surface area contributed by atoms with E-state index < -0.39 is 5.54 Å². The molecular formula is C18H28Cl2N6O. The molecule has 2 aliphatic rings. The summed E-state index contributed by atoms with van der Waals surface area (Å²) in [7, 11) is 0. The number of carbonyl (C=O) groups excluding carboxylic acids is 1. The third kappa shape index (κ3) is 4.47. The van der Waals surface area contributed by atoms with Crippen LogP contribution < -0.4 is 5.32 Å². The van der Waals surface area contributed by atoms with E-state index in [4.69, 9.17) is 0 Å². The van der Waals surface area contributed by atoms with Gasteiger partial charge in [-0.2, -0.15) is 10.2 Å². The van der Waals surface area contributed by atoms with Gasteiger partial charge in [0, 0.05) is 44.4 Å². The Hall–Kier alpha value is -1.57. The van der Waals surface area contributed by atoms with Crippen molar-refractivity contribution < 1.29 is 4.79 Å². The highest BCUT2D eigenvalue weighted by atomic mass is 35.5. The van der Waals surface area contributed by atoms with Crippen LogP contribution in [0.15, 0.2) is 36.9 Å². The van der Waals surface area contributed by atoms with Gasteiger partial charge in [0.15, 0.2) is 0 Å². The quantitative estimate of drug-likeness (QED) is 0.829. The predicted molar refractivity (Wildman–Crippen MR) is 108 cm³/mol. The van der Waals surface area contributed by atoms with Gasteiger partial charge in [-0.1, -0.05) is 0 Å². The fourth-order valence-electron chi connectivity index (χ4n) is 4.19. The molecule has 0 aliphatic carbocycles. The van der Waals surface area contributed by atoms with Crippen molar-refractivity contribution >= 4 is 30.7 Å². The van der Waals surface area contributed by atoms with E-state index in [9.17, 15) is 4.79 Å². The minimum absolute atomic E-state index is 0. The molecule has 7 nitrogen and oxygen atoms in total. The monoisotopic (exact) mass is 414 g/mol. The average molecular weight is 415 g/mol. The lowest BCUT2D eigenvalue weighted by atomic mass is 9.85. The zero-order valence-electron chi connectivity index (χ0n) is 15.4. The van der Waals surface area contributed by atoms with Crippen LogP contribution in [0.2, 0.25) is 0 Å². The van der Waals surface area contributed by atoms with Gasteiger partial charge < -0.3 is 10.2 Å². The van der Waals surface area contributed by atoms with Gasteiger partial charge in [-0.3, -0.25) is 14.2 Å². The van der Waals surface area contributed by atoms with Crippen molar-refractivity contribution in [3.8, 4) is 0 Å². The number of rotatable bonds is 4. The number of nitrogens with zero attached hydrogens (tertiary/aromatic N) is 5. The van der Waals surface area contributed by atoms with Gasteiger partial charge in [0.25, 0.3) is 5.91 Å². The van der Waals surface area contributed by atoms with E-state index in [2.05, 4.69) is 20.4 Å². The normalized spacial score (nSPS) is 19.8. The van der Waals surface area contributed by atoms with Gasteiger partial charge in [0.05, 0.1) is 0 Å². The lowest BCUT2D eigenvalue weighted by Crippen LogP contribution is -2.57. The first-order valence-electron chi connectivity index (χ1n) is 9.26. The van der Waals surface area contributed by atoms with E-state index >= 15 is 0 Å². The molecule has 4 heterocycles. The van der Waals surface area contributed by atoms with Gasteiger partial charge in [-0.05, 0) is 56.8 Å². The Kier molecular flexibility index (Phi) is 7.70. The molecule has 0 bridgehead atoms. The fraction of sp³-hybridized carbons (Fsp3) is 0.611. The van der Waals surface area contributed by atoms with Gasteiger partial charge >= 0.3 is 0 Å². The number of halogens is 2. The van der Waals surface area contributed by atoms with Crippen LogP contribution in [0.3, 0.4) is 0 Å². The maximum atomic E-state index is 13.4. The summed E-state index contributed by atoms with van der Waals surface area (Å²) in [5, 5.41) is 12.1. The molecule has 2 fully saturated rings. The van der Waals surface area contributed by atoms with Crippen LogP contribution in [0, 0.1) is 5.92 Å². The zero-order valence-corrected chi connectivity index (χ0v) is 17.0. The lowest BCUT2D eigenvalue weighted by molar-refractivity contribution is -0.144. The second-order valence-electron chi connectivity index (χ2n) is 7.20. The van der Waals surface area contributed by atoms with Crippen molar-refractivity contribution in [1.29, 1.82) is 0 Å². The first-order valence-corrected chi connectivity index (χ1v) is 9.26. The SMILES string of the molecule is Cl.Cl.O=C(N1CCC(Cn2cccn2)CC1)C1(n2cccn2)CCNCC1. The molecule has 4 rings (SSSR count). The Labute approximate surface area is 172 Å². The number of nitrogens with one attached hydrogen (secondary N) is 1. The third-order valence-corrected chi connectivity index (χ3v) is 5.68. The first-order chi connectivity index (χ1) is 12.3. The Bertz CT molecular complexity index is 677. The van der Waals surface area contributed by atoms with Crippen molar-refractivity contribution in [3.63, 3.8) is 0 Å². The highest BCUT2D eigenvalue weighted by Gasteiger charge is 2.45. The molecular weight excluding hydrogens is 387 g/mol. The maximum absolute atomic E-state index is 13.4. The Balaban J connectivity index is 0.00000131. The van der Waals surface area contributed by atoms with E-state index in [0.717, 1.165) is 58.4 Å². The lowest BCUT2D eigenvalue weighted by Gasteiger charge is -2.42. The molecule has 2 aromatic rings. The largest absolute Gasteiger partial charge is 0.341 e. The molecule has 2 aromatic heterocycles. The minimum Gasteiger partial charge on any atom is -0.341 e. The summed E-state index contributed by atoms with van der Waals surface area (Å²) in [5.74, 6) is 0.841. The van der Waals surface area contributed by atoms with E-state index in [1.54, 1.807) is 6.20 Å². The van der Waals surface area contributed by atoms with Gasteiger partial charge in [0.1, 0.15) is 5.54 Å². The zero-order chi connectivity index (χ0) is 17.1. The summed E-state index contributed by atoms with van der Waals surface area (Å²) in [4.78, 5) is 15.5. The van der Waals surface area contributed by atoms with Crippen LogP contribution in [0.4, 0.5) is 0 Å². The van der Waals surface area contributed by atoms with Gasteiger partial charge in [-0.15, -0.1) is 24.8 Å². The fourth-order valence-corrected chi connectivity index (χ4v) is 4.19. The van der Waals surface area contributed by atoms with Crippen LogP contribution in [-0.2, 0) is 16.9 Å². The molecule has 150 valence electrons. The number of aromatic nitrogens is 4. The standard InChI is InChI=1S/C18H26N6O.2ClH/c25-17(18(5-9-19-10-6-18)24-12-2-8-21-24)22-13-3-16(4-14-22)15-23-11-1-7-20-23;;/h1-2,7-8,11-12,16,19H,3-6,9-10,13-15H2;2*1H. The second-order valence-corrected chi connectivity index (χ2v) is 7.20. The van der Waals surface area contributed by atoms with Crippen molar-refractivity contribution in [2.24, 2.45) is 5.92 Å². The number of hydrogen-bond donors (Lipinski definition) is 1. The van der Waals surface area contributed by atoms with E-state index in [1.807, 2.05) is 40.1 Å². The number of hydrogen-bond acceptors (Lipinski definition) is 4. The van der Waals surface area contributed by atoms with Crippen molar-refractivity contribution in [3.05, 3.63) is 36.9 Å². The molecule has 2 aliphatic heterocycles. The van der Waals surface area contributed by atoms with E-state index in [1.165, 1.54) is 0 Å². The summed E-state index contributed by atoms with van der Waals surface area (Å²) in [5.41, 5.74) is -0.510. The minimum atomic E-state index is -0.510. The number of piperidine rings is 2. The highest BCUT2D eigenvalue weighted by Crippen LogP contribution is 2.31. The molecule has 1 N–H and O–H groups in total. The molecule has 1 amide bonds. The van der Waals surface area contributed by atoms with Crippen molar-refractivity contribution in [2.75, 3.05) is 26.2 Å². The van der Waals surface area contributed by atoms with Crippen LogP contribution in [-0.4, -0.2) is 56.5 Å². The molecule has 0 saturated carbocycles. The summed E-state index contributed by atoms with van der Waals surface area (Å²) in [6, 6.07) is 3.87. The highest BCUT2D eigenvalue weighted by molar-refractivity contribution is 5.86. The van der Waals surface area contributed by atoms with E-state index in [-0.39, 0.29) is 30.7 Å². The Morgan fingerprint density at radius 1 is 1.04 bits per heavy atom. The van der Waals surface area contributed by atoms with Gasteiger partial charge in [0.2, 0.25) is 0 Å². The van der Waals surface area contributed by atoms with Gasteiger partial charge in [-0.25, -0.2) is 0 Å². The van der Waals surface area contributed by atoms with Crippen molar-refractivity contribution in [2.45, 2.75) is 37.8 Å². The Morgan fingerprint density at radius 3 is 2.30 bits per heavy atom. The molecule has 27 heavy (non-hydrogen) atoms. The molecule has 0 unspecified atom stereocenters. The average Bonchev–Trinajstić information content (AvgIpc) is 3.36. The molecule has 0 radical (unpaired) electrons. The number of likely N-dealkylation sites (tertiary alicyclic amines) is 1. The molecule has 0 aromatic carbocycles. The van der Waals surface area contributed by atoms with Crippen molar-refractivity contribution in [1.82, 2.24) is 29.8 Å². The number of amides is 1. The van der Waals surface area contributed by atoms with Crippen LogP contribution >= 0.6 is 24.8 Å². The smallest absolute Gasteiger partial charge is 0.250 e. The summed E-state index contributed by atoms with van der Waals surface area (Å²) < 4.78 is 3.90. The van der Waals surface area contributed by atoms with Crippen LogP contribution in [0.5, 0.6) is 0 Å². The summed E-state index contributed by atoms with van der Waals surface area (Å²) in [6.07, 6.45) is 11.2. The molecule has 0 atom stereocenters.